The van der Waals surface area contributed by atoms with Crippen LogP contribution < -0.4 is 0 Å². The highest BCUT2D eigenvalue weighted by atomic mass is 19.4. The zero-order valence-corrected chi connectivity index (χ0v) is 7.38. The van der Waals surface area contributed by atoms with Gasteiger partial charge in [0.15, 0.2) is 6.10 Å². The lowest BCUT2D eigenvalue weighted by Gasteiger charge is -2.36. The van der Waals surface area contributed by atoms with Gasteiger partial charge in [0.2, 0.25) is 0 Å². The maximum Gasteiger partial charge on any atom is 0.414 e. The molecule has 0 aromatic heterocycles. The van der Waals surface area contributed by atoms with Crippen molar-refractivity contribution in [1.29, 1.82) is 0 Å². The number of rotatable bonds is 2. The molecule has 0 radical (unpaired) electrons. The van der Waals surface area contributed by atoms with E-state index in [1.54, 1.807) is 0 Å². The average Bonchev–Trinajstić information content (AvgIpc) is 2.02. The van der Waals surface area contributed by atoms with E-state index in [-0.39, 0.29) is 19.4 Å². The Hall–Kier alpha value is -0.620. The summed E-state index contributed by atoms with van der Waals surface area (Å²) in [5, 5.41) is 9.59. The molecule has 0 spiro atoms. The summed E-state index contributed by atoms with van der Waals surface area (Å²) >= 11 is 0. The zero-order chi connectivity index (χ0) is 10.8. The minimum absolute atomic E-state index is 0.0678. The molecule has 1 N–H and O–H groups in total. The summed E-state index contributed by atoms with van der Waals surface area (Å²) in [6, 6.07) is 0. The van der Waals surface area contributed by atoms with Crippen LogP contribution in [0.3, 0.4) is 0 Å². The molecule has 0 aromatic carbocycles. The molecule has 0 amide bonds. The van der Waals surface area contributed by atoms with Gasteiger partial charge < -0.3 is 14.6 Å². The van der Waals surface area contributed by atoms with Crippen molar-refractivity contribution < 1.29 is 27.8 Å². The molecule has 1 aliphatic rings. The number of aldehydes is 1. The topological polar surface area (TPSA) is 46.5 Å². The molecule has 2 unspecified atom stereocenters. The summed E-state index contributed by atoms with van der Waals surface area (Å²) in [5.74, 6) is 0. The molecule has 3 nitrogen and oxygen atoms in total. The molecule has 0 aromatic rings. The van der Waals surface area contributed by atoms with E-state index in [1.165, 1.54) is 0 Å². The van der Waals surface area contributed by atoms with Crippen molar-refractivity contribution in [1.82, 2.24) is 0 Å². The molecule has 0 aliphatic carbocycles. The Morgan fingerprint density at radius 2 is 2.21 bits per heavy atom. The van der Waals surface area contributed by atoms with Gasteiger partial charge in [-0.2, -0.15) is 13.2 Å². The summed E-state index contributed by atoms with van der Waals surface area (Å²) < 4.78 is 41.1. The summed E-state index contributed by atoms with van der Waals surface area (Å²) in [6.45, 7) is -0.172. The van der Waals surface area contributed by atoms with Crippen molar-refractivity contribution in [3.05, 3.63) is 0 Å². The third-order valence-corrected chi connectivity index (χ3v) is 2.28. The first-order valence-electron chi connectivity index (χ1n) is 4.22. The lowest BCUT2D eigenvalue weighted by Crippen LogP contribution is -2.47. The standard InChI is InChI=1S/C8H11F3O3/c9-8(10,11)6-5-7(13,1-3-12)2-4-14-6/h3,6,13H,1-2,4-5H2. The first-order chi connectivity index (χ1) is 6.37. The van der Waals surface area contributed by atoms with Crippen LogP contribution in [-0.2, 0) is 9.53 Å². The number of hydrogen-bond acceptors (Lipinski definition) is 3. The van der Waals surface area contributed by atoms with Crippen LogP contribution in [0.4, 0.5) is 13.2 Å². The summed E-state index contributed by atoms with van der Waals surface area (Å²) in [7, 11) is 0. The van der Waals surface area contributed by atoms with Crippen LogP contribution in [0.15, 0.2) is 0 Å². The predicted octanol–water partition coefficient (Wildman–Crippen LogP) is 1.05. The van der Waals surface area contributed by atoms with Gasteiger partial charge in [0.05, 0.1) is 12.2 Å². The summed E-state index contributed by atoms with van der Waals surface area (Å²) in [6.07, 6.45) is -6.77. The van der Waals surface area contributed by atoms with Crippen LogP contribution in [-0.4, -0.2) is 35.9 Å². The van der Waals surface area contributed by atoms with Gasteiger partial charge in [0, 0.05) is 19.3 Å². The fourth-order valence-corrected chi connectivity index (χ4v) is 1.45. The van der Waals surface area contributed by atoms with Gasteiger partial charge in [0.1, 0.15) is 6.29 Å². The number of carbonyl (C=O) groups excluding carboxylic acids is 1. The number of alkyl halides is 3. The summed E-state index contributed by atoms with van der Waals surface area (Å²) in [4.78, 5) is 10.2. The molecule has 2 atom stereocenters. The van der Waals surface area contributed by atoms with Crippen molar-refractivity contribution in [2.75, 3.05) is 6.61 Å². The molecule has 1 heterocycles. The van der Waals surface area contributed by atoms with E-state index in [1.807, 2.05) is 0 Å². The molecule has 6 heteroatoms. The quantitative estimate of drug-likeness (QED) is 0.696. The Morgan fingerprint density at radius 3 is 2.71 bits per heavy atom. The molecule has 1 saturated heterocycles. The number of ether oxygens (including phenoxy) is 1. The van der Waals surface area contributed by atoms with Gasteiger partial charge in [-0.15, -0.1) is 0 Å². The SMILES string of the molecule is O=CCC1(O)CCOC(C(F)(F)F)C1. The van der Waals surface area contributed by atoms with Crippen LogP contribution in [0.1, 0.15) is 19.3 Å². The largest absolute Gasteiger partial charge is 0.414 e. The molecule has 1 aliphatic heterocycles. The Bertz CT molecular complexity index is 216. The van der Waals surface area contributed by atoms with Gasteiger partial charge in [-0.3, -0.25) is 0 Å². The van der Waals surface area contributed by atoms with E-state index in [9.17, 15) is 23.1 Å². The number of aliphatic hydroxyl groups is 1. The van der Waals surface area contributed by atoms with E-state index in [2.05, 4.69) is 4.74 Å². The molecule has 0 bridgehead atoms. The lowest BCUT2D eigenvalue weighted by atomic mass is 9.87. The Kier molecular flexibility index (Phi) is 3.16. The van der Waals surface area contributed by atoms with Crippen molar-refractivity contribution in [2.45, 2.75) is 37.1 Å². The number of halogens is 3. The van der Waals surface area contributed by atoms with Crippen LogP contribution in [0.25, 0.3) is 0 Å². The van der Waals surface area contributed by atoms with Crippen molar-refractivity contribution in [3.63, 3.8) is 0 Å². The van der Waals surface area contributed by atoms with Crippen LogP contribution in [0, 0.1) is 0 Å². The molecule has 1 rings (SSSR count). The Balaban J connectivity index is 2.64. The number of carbonyl (C=O) groups is 1. The maximum atomic E-state index is 12.2. The van der Waals surface area contributed by atoms with E-state index in [0.29, 0.717) is 6.29 Å². The maximum absolute atomic E-state index is 12.2. The van der Waals surface area contributed by atoms with E-state index >= 15 is 0 Å². The molecule has 0 saturated carbocycles. The van der Waals surface area contributed by atoms with Crippen LogP contribution in [0.5, 0.6) is 0 Å². The first kappa shape index (κ1) is 11.5. The van der Waals surface area contributed by atoms with Gasteiger partial charge in [-0.1, -0.05) is 0 Å². The Morgan fingerprint density at radius 1 is 1.57 bits per heavy atom. The zero-order valence-electron chi connectivity index (χ0n) is 7.38. The van der Waals surface area contributed by atoms with E-state index in [4.69, 9.17) is 0 Å². The monoisotopic (exact) mass is 212 g/mol. The normalized spacial score (nSPS) is 34.1. The van der Waals surface area contributed by atoms with E-state index < -0.39 is 24.3 Å². The second kappa shape index (κ2) is 3.86. The number of hydrogen-bond donors (Lipinski definition) is 1. The predicted molar refractivity (Wildman–Crippen MR) is 40.7 cm³/mol. The molecule has 82 valence electrons. The summed E-state index contributed by atoms with van der Waals surface area (Å²) in [5.41, 5.74) is -1.56. The van der Waals surface area contributed by atoms with Gasteiger partial charge in [-0.05, 0) is 0 Å². The molecule has 1 fully saturated rings. The smallest absolute Gasteiger partial charge is 0.389 e. The van der Waals surface area contributed by atoms with Crippen LogP contribution >= 0.6 is 0 Å². The highest BCUT2D eigenvalue weighted by molar-refractivity contribution is 5.51. The van der Waals surface area contributed by atoms with Gasteiger partial charge >= 0.3 is 6.18 Å². The van der Waals surface area contributed by atoms with Crippen molar-refractivity contribution in [2.24, 2.45) is 0 Å². The lowest BCUT2D eigenvalue weighted by molar-refractivity contribution is -0.252. The third kappa shape index (κ3) is 2.68. The highest BCUT2D eigenvalue weighted by Crippen LogP contribution is 2.35. The fraction of sp³-hybridized carbons (Fsp3) is 0.875. The van der Waals surface area contributed by atoms with E-state index in [0.717, 1.165) is 0 Å². The first-order valence-corrected chi connectivity index (χ1v) is 4.22. The minimum atomic E-state index is -4.47. The van der Waals surface area contributed by atoms with Crippen molar-refractivity contribution >= 4 is 6.29 Å². The highest BCUT2D eigenvalue weighted by Gasteiger charge is 2.48. The fourth-order valence-electron chi connectivity index (χ4n) is 1.45. The molecular formula is C8H11F3O3. The van der Waals surface area contributed by atoms with Crippen molar-refractivity contribution in [3.8, 4) is 0 Å². The van der Waals surface area contributed by atoms with Crippen LogP contribution in [0.2, 0.25) is 0 Å². The van der Waals surface area contributed by atoms with Gasteiger partial charge in [0.25, 0.3) is 0 Å². The minimum Gasteiger partial charge on any atom is -0.389 e. The third-order valence-electron chi connectivity index (χ3n) is 2.28. The molecule has 14 heavy (non-hydrogen) atoms. The Labute approximate surface area is 78.9 Å². The van der Waals surface area contributed by atoms with Gasteiger partial charge in [-0.25, -0.2) is 0 Å². The molecular weight excluding hydrogens is 201 g/mol. The second-order valence-corrected chi connectivity index (χ2v) is 3.45. The second-order valence-electron chi connectivity index (χ2n) is 3.45. The average molecular weight is 212 g/mol.